The van der Waals surface area contributed by atoms with Gasteiger partial charge in [-0.1, -0.05) is 5.16 Å². The number of anilines is 3. The molecule has 0 bridgehead atoms. The van der Waals surface area contributed by atoms with Crippen molar-refractivity contribution in [3.8, 4) is 11.1 Å². The van der Waals surface area contributed by atoms with E-state index >= 15 is 0 Å². The van der Waals surface area contributed by atoms with Crippen LogP contribution in [0.3, 0.4) is 0 Å². The summed E-state index contributed by atoms with van der Waals surface area (Å²) in [5.74, 6) is 0.799. The van der Waals surface area contributed by atoms with Gasteiger partial charge in [0.15, 0.2) is 5.82 Å². The summed E-state index contributed by atoms with van der Waals surface area (Å²) < 4.78 is 9.49. The van der Waals surface area contributed by atoms with Crippen molar-refractivity contribution >= 4 is 29.5 Å². The molecule has 1 fully saturated rings. The molecule has 3 aromatic rings. The van der Waals surface area contributed by atoms with Crippen LogP contribution in [0, 0.1) is 0 Å². The number of hydrogen-bond donors (Lipinski definition) is 2. The molecular formula is C26H32N8O4. The van der Waals surface area contributed by atoms with E-state index in [1.54, 1.807) is 10.9 Å². The topological polar surface area (TPSA) is 124 Å². The number of oxime groups is 1. The van der Waals surface area contributed by atoms with E-state index in [0.717, 1.165) is 64.5 Å². The molecule has 5 heterocycles. The highest BCUT2D eigenvalue weighted by Crippen LogP contribution is 2.44. The van der Waals surface area contributed by atoms with Crippen molar-refractivity contribution < 1.29 is 19.8 Å². The number of carbonyl (C=O) groups is 1. The maximum atomic E-state index is 11.9. The van der Waals surface area contributed by atoms with Gasteiger partial charge in [0.05, 0.1) is 36.4 Å². The Kier molecular flexibility index (Phi) is 6.18. The molecule has 0 saturated carbocycles. The summed E-state index contributed by atoms with van der Waals surface area (Å²) in [5.41, 5.74) is 6.63. The summed E-state index contributed by atoms with van der Waals surface area (Å²) in [7, 11) is 3.93. The number of aryl methyl sites for hydroxylation is 1. The smallest absolute Gasteiger partial charge is 0.407 e. The molecule has 38 heavy (non-hydrogen) atoms. The molecule has 3 aliphatic rings. The molecule has 1 aromatic carbocycles. The van der Waals surface area contributed by atoms with Gasteiger partial charge < -0.3 is 29.8 Å². The van der Waals surface area contributed by atoms with Crippen LogP contribution >= 0.6 is 0 Å². The van der Waals surface area contributed by atoms with Gasteiger partial charge in [0.25, 0.3) is 0 Å². The first-order valence-electron chi connectivity index (χ1n) is 12.9. The SMILES string of the molecule is CN1CCN(c2nn(C3CCOCC3)c3c2CN(C(=O)O)CC3)c2cc(/C=N\O)c(-c3cnn(C)c3)cc21. The summed E-state index contributed by atoms with van der Waals surface area (Å²) >= 11 is 0. The average Bonchev–Trinajstić information content (AvgIpc) is 3.53. The standard InChI is InChI=1S/C26H32N8O4/c1-30-7-8-33(24-11-17(14-28-37)20(12-23(24)30)18-13-27-31(2)15-18)25-21-16-32(26(35)36)6-3-22(21)34(29-25)19-4-9-38-10-5-19/h11-15,19,37H,3-10,16H2,1-2H3,(H,35,36)/b28-14-. The van der Waals surface area contributed by atoms with Gasteiger partial charge in [0, 0.05) is 81.9 Å². The van der Waals surface area contributed by atoms with Crippen molar-refractivity contribution in [3.63, 3.8) is 0 Å². The molecule has 12 heteroatoms. The number of carboxylic acid groups (broad SMARTS) is 1. The van der Waals surface area contributed by atoms with Crippen LogP contribution in [0.5, 0.6) is 0 Å². The number of rotatable bonds is 4. The Morgan fingerprint density at radius 1 is 1.16 bits per heavy atom. The highest BCUT2D eigenvalue weighted by molar-refractivity contribution is 5.96. The zero-order chi connectivity index (χ0) is 26.4. The molecule has 2 aromatic heterocycles. The van der Waals surface area contributed by atoms with E-state index in [1.165, 1.54) is 11.1 Å². The normalized spacial score (nSPS) is 18.2. The lowest BCUT2D eigenvalue weighted by molar-refractivity contribution is 0.0650. The van der Waals surface area contributed by atoms with E-state index in [9.17, 15) is 15.1 Å². The minimum Gasteiger partial charge on any atom is -0.465 e. The Balaban J connectivity index is 1.49. The van der Waals surface area contributed by atoms with E-state index in [0.29, 0.717) is 39.3 Å². The first kappa shape index (κ1) is 24.3. The predicted molar refractivity (Wildman–Crippen MR) is 142 cm³/mol. The summed E-state index contributed by atoms with van der Waals surface area (Å²) in [5, 5.41) is 32.1. The van der Waals surface area contributed by atoms with E-state index in [1.807, 2.05) is 19.3 Å². The largest absolute Gasteiger partial charge is 0.465 e. The van der Waals surface area contributed by atoms with Crippen molar-refractivity contribution in [1.82, 2.24) is 24.5 Å². The first-order chi connectivity index (χ1) is 18.4. The van der Waals surface area contributed by atoms with Crippen LogP contribution in [0.4, 0.5) is 22.0 Å². The quantitative estimate of drug-likeness (QED) is 0.306. The van der Waals surface area contributed by atoms with Gasteiger partial charge in [-0.15, -0.1) is 0 Å². The van der Waals surface area contributed by atoms with Gasteiger partial charge >= 0.3 is 6.09 Å². The van der Waals surface area contributed by atoms with Gasteiger partial charge in [-0.25, -0.2) is 4.79 Å². The Bertz CT molecular complexity index is 1390. The van der Waals surface area contributed by atoms with E-state index in [2.05, 4.69) is 37.9 Å². The van der Waals surface area contributed by atoms with Crippen LogP contribution in [0.25, 0.3) is 11.1 Å². The van der Waals surface area contributed by atoms with Gasteiger partial charge in [-0.05, 0) is 30.5 Å². The summed E-state index contributed by atoms with van der Waals surface area (Å²) in [6, 6.07) is 4.35. The number of aromatic nitrogens is 4. The molecule has 0 radical (unpaired) electrons. The molecule has 6 rings (SSSR count). The Morgan fingerprint density at radius 2 is 1.97 bits per heavy atom. The lowest BCUT2D eigenvalue weighted by Crippen LogP contribution is -2.38. The zero-order valence-corrected chi connectivity index (χ0v) is 21.6. The first-order valence-corrected chi connectivity index (χ1v) is 12.9. The van der Waals surface area contributed by atoms with Crippen LogP contribution < -0.4 is 9.80 Å². The van der Waals surface area contributed by atoms with E-state index < -0.39 is 6.09 Å². The molecule has 1 saturated heterocycles. The molecule has 0 spiro atoms. The lowest BCUT2D eigenvalue weighted by Gasteiger charge is -2.37. The van der Waals surface area contributed by atoms with Crippen LogP contribution in [0.15, 0.2) is 29.7 Å². The van der Waals surface area contributed by atoms with Crippen molar-refractivity contribution in [3.05, 3.63) is 41.3 Å². The third-order valence-electron chi connectivity index (χ3n) is 7.85. The molecular weight excluding hydrogens is 488 g/mol. The second kappa shape index (κ2) is 9.67. The maximum absolute atomic E-state index is 11.9. The number of likely N-dealkylation sites (N-methyl/N-ethyl adjacent to an activating group) is 1. The van der Waals surface area contributed by atoms with Crippen molar-refractivity contribution in [2.75, 3.05) is 49.7 Å². The molecule has 1 amide bonds. The molecule has 200 valence electrons. The van der Waals surface area contributed by atoms with Gasteiger partial charge in [-0.3, -0.25) is 9.36 Å². The van der Waals surface area contributed by atoms with Crippen molar-refractivity contribution in [2.24, 2.45) is 12.2 Å². The van der Waals surface area contributed by atoms with Crippen LogP contribution in [-0.2, 0) is 24.8 Å². The highest BCUT2D eigenvalue weighted by Gasteiger charge is 2.35. The maximum Gasteiger partial charge on any atom is 0.407 e. The van der Waals surface area contributed by atoms with Crippen LogP contribution in [0.1, 0.15) is 35.7 Å². The molecule has 0 unspecified atom stereocenters. The average molecular weight is 521 g/mol. The van der Waals surface area contributed by atoms with E-state index in [-0.39, 0.29) is 6.04 Å². The lowest BCUT2D eigenvalue weighted by atomic mass is 9.98. The van der Waals surface area contributed by atoms with Crippen LogP contribution in [-0.4, -0.2) is 87.0 Å². The zero-order valence-electron chi connectivity index (χ0n) is 21.6. The number of amides is 1. The molecule has 2 N–H and O–H groups in total. The summed E-state index contributed by atoms with van der Waals surface area (Å²) in [6.07, 6.45) is 6.67. The third kappa shape index (κ3) is 4.14. The van der Waals surface area contributed by atoms with Crippen molar-refractivity contribution in [1.29, 1.82) is 0 Å². The van der Waals surface area contributed by atoms with Gasteiger partial charge in [0.1, 0.15) is 0 Å². The fourth-order valence-corrected chi connectivity index (χ4v) is 5.85. The molecule has 3 aliphatic heterocycles. The third-order valence-corrected chi connectivity index (χ3v) is 7.85. The minimum atomic E-state index is -0.915. The minimum absolute atomic E-state index is 0.236. The van der Waals surface area contributed by atoms with Gasteiger partial charge in [0.2, 0.25) is 0 Å². The number of fused-ring (bicyclic) bond motifs is 2. The Morgan fingerprint density at radius 3 is 2.68 bits per heavy atom. The fraction of sp³-hybridized carbons (Fsp3) is 0.462. The van der Waals surface area contributed by atoms with Crippen molar-refractivity contribution in [2.45, 2.75) is 31.8 Å². The van der Waals surface area contributed by atoms with E-state index in [4.69, 9.17) is 9.84 Å². The monoisotopic (exact) mass is 520 g/mol. The second-order valence-electron chi connectivity index (χ2n) is 10.1. The second-order valence-corrected chi connectivity index (χ2v) is 10.1. The predicted octanol–water partition coefficient (Wildman–Crippen LogP) is 3.07. The number of benzene rings is 1. The Labute approximate surface area is 220 Å². The molecule has 0 aliphatic carbocycles. The number of hydrogen-bond acceptors (Lipinski definition) is 8. The van der Waals surface area contributed by atoms with Crippen LogP contribution in [0.2, 0.25) is 0 Å². The van der Waals surface area contributed by atoms with Gasteiger partial charge in [-0.2, -0.15) is 10.2 Å². The Hall–Kier alpha value is -4.06. The molecule has 12 nitrogen and oxygen atoms in total. The number of ether oxygens (including phenoxy) is 1. The molecule has 0 atom stereocenters. The summed E-state index contributed by atoms with van der Waals surface area (Å²) in [4.78, 5) is 17.8. The number of nitrogens with zero attached hydrogens (tertiary/aromatic N) is 8. The fourth-order valence-electron chi connectivity index (χ4n) is 5.85. The summed E-state index contributed by atoms with van der Waals surface area (Å²) in [6.45, 7) is 3.64. The highest BCUT2D eigenvalue weighted by atomic mass is 16.5.